The summed E-state index contributed by atoms with van der Waals surface area (Å²) in [4.78, 5) is 0. The van der Waals surface area contributed by atoms with Crippen LogP contribution in [0.15, 0.2) is 83.3 Å². The highest BCUT2D eigenvalue weighted by molar-refractivity contribution is 6.13. The number of para-hydroxylation sites is 1. The minimum atomic E-state index is -0.408. The molecule has 0 atom stereocenters. The molecule has 0 spiro atoms. The monoisotopic (exact) mass is 411 g/mol. The average molecular weight is 412 g/mol. The van der Waals surface area contributed by atoms with Crippen LogP contribution in [0.5, 0.6) is 0 Å². The van der Waals surface area contributed by atoms with E-state index in [1.165, 1.54) is 5.56 Å². The molecule has 154 valence electrons. The van der Waals surface area contributed by atoms with Gasteiger partial charge in [-0.05, 0) is 29.0 Å². The van der Waals surface area contributed by atoms with Gasteiger partial charge >= 0.3 is 0 Å². The lowest BCUT2D eigenvalue weighted by molar-refractivity contribution is -0.660. The Hall–Kier alpha value is -3.39. The third-order valence-corrected chi connectivity index (χ3v) is 5.92. The maximum Gasteiger partial charge on any atom is 0.216 e. The van der Waals surface area contributed by atoms with Crippen LogP contribution in [0.25, 0.3) is 44.3 Å². The first-order valence-corrected chi connectivity index (χ1v) is 10.4. The van der Waals surface area contributed by atoms with Crippen molar-refractivity contribution in [3.05, 3.63) is 90.0 Å². The Bertz CT molecular complexity index is 1670. The largest absolute Gasteiger partial charge is 0.454 e. The molecule has 3 aromatic carbocycles. The molecule has 0 fully saturated rings. The fourth-order valence-corrected chi connectivity index (χ4v) is 4.14. The Morgan fingerprint density at radius 3 is 2.39 bits per heavy atom. The van der Waals surface area contributed by atoms with Gasteiger partial charge in [0.25, 0.3) is 0 Å². The number of benzene rings is 3. The van der Waals surface area contributed by atoms with Crippen LogP contribution in [-0.4, -0.2) is 0 Å². The maximum atomic E-state index is 8.49. The average Bonchev–Trinajstić information content (AvgIpc) is 3.21. The number of rotatable bonds is 2. The van der Waals surface area contributed by atoms with Crippen LogP contribution in [0.3, 0.4) is 0 Å². The highest BCUT2D eigenvalue weighted by Gasteiger charge is 2.24. The molecule has 0 unspecified atom stereocenters. The van der Waals surface area contributed by atoms with Gasteiger partial charge in [0.2, 0.25) is 5.69 Å². The van der Waals surface area contributed by atoms with Crippen LogP contribution >= 0.6 is 0 Å². The maximum absolute atomic E-state index is 8.49. The van der Waals surface area contributed by atoms with Crippen LogP contribution < -0.4 is 4.57 Å². The van der Waals surface area contributed by atoms with E-state index in [4.69, 9.17) is 11.3 Å². The first-order chi connectivity index (χ1) is 16.9. The zero-order chi connectivity index (χ0) is 26.1. The first kappa shape index (κ1) is 14.6. The van der Waals surface area contributed by atoms with Crippen molar-refractivity contribution in [2.75, 3.05) is 0 Å². The van der Waals surface area contributed by atoms with Crippen LogP contribution in [0.4, 0.5) is 0 Å². The van der Waals surface area contributed by atoms with E-state index in [-0.39, 0.29) is 35.1 Å². The molecule has 0 saturated carbocycles. The second-order valence-corrected chi connectivity index (χ2v) is 9.08. The quantitative estimate of drug-likeness (QED) is 0.278. The predicted molar refractivity (Wildman–Crippen MR) is 129 cm³/mol. The predicted octanol–water partition coefficient (Wildman–Crippen LogP) is 7.35. The number of fused-ring (bicyclic) bond motifs is 3. The van der Waals surface area contributed by atoms with Gasteiger partial charge in [-0.3, -0.25) is 0 Å². The van der Waals surface area contributed by atoms with E-state index in [1.807, 2.05) is 25.2 Å². The van der Waals surface area contributed by atoms with E-state index in [2.05, 4.69) is 56.7 Å². The zero-order valence-electron chi connectivity index (χ0n) is 23.5. The van der Waals surface area contributed by atoms with E-state index in [1.54, 1.807) is 6.07 Å². The molecule has 0 aliphatic heterocycles. The van der Waals surface area contributed by atoms with E-state index < -0.39 is 6.04 Å². The molecule has 0 radical (unpaired) electrons. The van der Waals surface area contributed by atoms with Gasteiger partial charge in [-0.25, -0.2) is 4.57 Å². The molecule has 0 amide bonds. The standard InChI is InChI=1S/C29H28NO/c1-19-14-15-24-23-13-9-12-22(20-10-7-6-8-11-20)27(23)31-28(24)26(19)25-18-21(29(2,3)4)16-17-30(25)5/h6-18H,1-5H3/q+1/i6D,7D,8D,10D,11D. The summed E-state index contributed by atoms with van der Waals surface area (Å²) in [6, 6.07) is 12.4. The van der Waals surface area contributed by atoms with Gasteiger partial charge in [-0.1, -0.05) is 81.3 Å². The summed E-state index contributed by atoms with van der Waals surface area (Å²) in [5.41, 5.74) is 6.10. The van der Waals surface area contributed by atoms with Gasteiger partial charge < -0.3 is 4.42 Å². The molecule has 5 aromatic rings. The molecular formula is C29H28NO+. The molecule has 5 rings (SSSR count). The van der Waals surface area contributed by atoms with Crippen molar-refractivity contribution in [2.45, 2.75) is 33.1 Å². The number of hydrogen-bond donors (Lipinski definition) is 0. The Kier molecular flexibility index (Phi) is 3.34. The molecule has 0 aliphatic rings. The highest BCUT2D eigenvalue weighted by Crippen LogP contribution is 2.40. The van der Waals surface area contributed by atoms with Crippen molar-refractivity contribution < 1.29 is 15.8 Å². The minimum absolute atomic E-state index is 0.0210. The van der Waals surface area contributed by atoms with E-state index in [9.17, 15) is 0 Å². The van der Waals surface area contributed by atoms with Crippen molar-refractivity contribution in [3.63, 3.8) is 0 Å². The first-order valence-electron chi connectivity index (χ1n) is 12.9. The number of aromatic nitrogens is 1. The molecule has 2 nitrogen and oxygen atoms in total. The van der Waals surface area contributed by atoms with Gasteiger partial charge in [-0.2, -0.15) is 0 Å². The molecule has 0 aliphatic carbocycles. The summed E-state index contributed by atoms with van der Waals surface area (Å²) < 4.78 is 49.8. The summed E-state index contributed by atoms with van der Waals surface area (Å²) in [5.74, 6) is 0. The smallest absolute Gasteiger partial charge is 0.216 e. The number of aryl methyl sites for hydroxylation is 2. The van der Waals surface area contributed by atoms with Crippen molar-refractivity contribution in [3.8, 4) is 22.4 Å². The van der Waals surface area contributed by atoms with Gasteiger partial charge in [-0.15, -0.1) is 0 Å². The molecule has 0 bridgehead atoms. The number of pyridine rings is 1. The molecule has 2 heteroatoms. The van der Waals surface area contributed by atoms with Gasteiger partial charge in [0.05, 0.1) is 12.4 Å². The molecule has 2 aromatic heterocycles. The fraction of sp³-hybridized carbons (Fsp3) is 0.207. The van der Waals surface area contributed by atoms with E-state index in [0.29, 0.717) is 16.7 Å². The van der Waals surface area contributed by atoms with E-state index >= 15 is 0 Å². The summed E-state index contributed by atoms with van der Waals surface area (Å²) in [7, 11) is 2.01. The Morgan fingerprint density at radius 1 is 0.903 bits per heavy atom. The summed E-state index contributed by atoms with van der Waals surface area (Å²) >= 11 is 0. The number of furan rings is 1. The summed E-state index contributed by atoms with van der Waals surface area (Å²) in [6.07, 6.45) is 2.06. The van der Waals surface area contributed by atoms with Crippen molar-refractivity contribution >= 4 is 21.9 Å². The molecule has 2 heterocycles. The third kappa shape index (κ3) is 3.23. The van der Waals surface area contributed by atoms with Crippen LogP contribution in [0, 0.1) is 6.92 Å². The molecule has 31 heavy (non-hydrogen) atoms. The minimum Gasteiger partial charge on any atom is -0.454 e. The van der Waals surface area contributed by atoms with Gasteiger partial charge in [0.1, 0.15) is 18.2 Å². The van der Waals surface area contributed by atoms with Crippen molar-refractivity contribution in [1.29, 1.82) is 0 Å². The van der Waals surface area contributed by atoms with Gasteiger partial charge in [0, 0.05) is 28.5 Å². The SMILES string of the molecule is [2H]c1c([2H])c([2H])c(-c2cccc3c2oc2c(-c4cc(C(C)(C)C)cc[n+]4C)c(C)ccc23)c([2H])c1[2H]. The number of hydrogen-bond acceptors (Lipinski definition) is 1. The zero-order valence-corrected chi connectivity index (χ0v) is 18.5. The van der Waals surface area contributed by atoms with Gasteiger partial charge in [0.15, 0.2) is 6.20 Å². The second-order valence-electron chi connectivity index (χ2n) is 9.08. The Morgan fingerprint density at radius 2 is 1.65 bits per heavy atom. The molecule has 0 saturated heterocycles. The van der Waals surface area contributed by atoms with Crippen LogP contribution in [0.2, 0.25) is 0 Å². The van der Waals surface area contributed by atoms with Crippen molar-refractivity contribution in [1.82, 2.24) is 0 Å². The summed E-state index contributed by atoms with van der Waals surface area (Å²) in [5, 5.41) is 1.76. The summed E-state index contributed by atoms with van der Waals surface area (Å²) in [6.45, 7) is 8.62. The molecule has 0 N–H and O–H groups in total. The second kappa shape index (κ2) is 7.09. The highest BCUT2D eigenvalue weighted by atomic mass is 16.3. The lowest BCUT2D eigenvalue weighted by Gasteiger charge is -2.19. The van der Waals surface area contributed by atoms with Crippen molar-refractivity contribution in [2.24, 2.45) is 7.05 Å². The van der Waals surface area contributed by atoms with E-state index in [0.717, 1.165) is 27.6 Å². The lowest BCUT2D eigenvalue weighted by atomic mass is 9.86. The lowest BCUT2D eigenvalue weighted by Crippen LogP contribution is -2.32. The Labute approximate surface area is 190 Å². The number of nitrogens with zero attached hydrogens (tertiary/aromatic N) is 1. The Balaban J connectivity index is 1.88. The third-order valence-electron chi connectivity index (χ3n) is 5.92. The topological polar surface area (TPSA) is 17.0 Å². The fourth-order valence-electron chi connectivity index (χ4n) is 4.14. The van der Waals surface area contributed by atoms with Crippen LogP contribution in [0.1, 0.15) is 38.8 Å². The van der Waals surface area contributed by atoms with Crippen LogP contribution in [-0.2, 0) is 12.5 Å². The molecular weight excluding hydrogens is 378 g/mol. The normalized spacial score (nSPS) is 14.3.